The summed E-state index contributed by atoms with van der Waals surface area (Å²) in [6, 6.07) is 7.50. The van der Waals surface area contributed by atoms with E-state index in [2.05, 4.69) is 20.5 Å². The van der Waals surface area contributed by atoms with Gasteiger partial charge < -0.3 is 4.74 Å². The summed E-state index contributed by atoms with van der Waals surface area (Å²) < 4.78 is 5.21. The van der Waals surface area contributed by atoms with Crippen LogP contribution < -0.4 is 10.1 Å². The normalized spacial score (nSPS) is 21.3. The van der Waals surface area contributed by atoms with E-state index in [1.54, 1.807) is 13.8 Å². The molecule has 0 bridgehead atoms. The lowest BCUT2D eigenvalue weighted by atomic mass is 10.1. The highest BCUT2D eigenvalue weighted by Crippen LogP contribution is 2.59. The van der Waals surface area contributed by atoms with Crippen LogP contribution in [0.1, 0.15) is 56.3 Å². The SMILES string of the molecule is CC(C)(Oc1ccc([C@H]2CC2(Cl)Cl)cc1)C(=O)Nc1n[nH]c(C2CC2)n1. The van der Waals surface area contributed by atoms with Crippen molar-refractivity contribution in [3.63, 3.8) is 0 Å². The minimum Gasteiger partial charge on any atom is -0.478 e. The average molecular weight is 395 g/mol. The second-order valence-corrected chi connectivity index (χ2v) is 9.01. The van der Waals surface area contributed by atoms with Gasteiger partial charge in [-0.3, -0.25) is 15.2 Å². The highest BCUT2D eigenvalue weighted by Gasteiger charge is 2.52. The van der Waals surface area contributed by atoms with Crippen LogP contribution in [0.4, 0.5) is 5.95 Å². The first-order chi connectivity index (χ1) is 12.2. The van der Waals surface area contributed by atoms with E-state index in [9.17, 15) is 4.79 Å². The maximum absolute atomic E-state index is 12.5. The summed E-state index contributed by atoms with van der Waals surface area (Å²) in [7, 11) is 0. The molecule has 138 valence electrons. The topological polar surface area (TPSA) is 79.9 Å². The predicted octanol–water partition coefficient (Wildman–Crippen LogP) is 4.14. The van der Waals surface area contributed by atoms with E-state index < -0.39 is 9.93 Å². The van der Waals surface area contributed by atoms with Gasteiger partial charge in [0.15, 0.2) is 5.60 Å². The number of H-pyrrole nitrogens is 1. The molecule has 2 saturated carbocycles. The minimum absolute atomic E-state index is 0.155. The molecule has 1 atom stereocenters. The van der Waals surface area contributed by atoms with Crippen LogP contribution >= 0.6 is 23.2 Å². The number of nitrogens with zero attached hydrogens (tertiary/aromatic N) is 2. The Kier molecular flexibility index (Phi) is 4.15. The fourth-order valence-corrected chi connectivity index (χ4v) is 3.37. The summed E-state index contributed by atoms with van der Waals surface area (Å²) in [5.74, 6) is 1.98. The highest BCUT2D eigenvalue weighted by molar-refractivity contribution is 6.51. The second-order valence-electron chi connectivity index (χ2n) is 7.47. The van der Waals surface area contributed by atoms with Crippen molar-refractivity contribution in [3.05, 3.63) is 35.7 Å². The quantitative estimate of drug-likeness (QED) is 0.721. The van der Waals surface area contributed by atoms with Gasteiger partial charge in [0.2, 0.25) is 5.95 Å². The van der Waals surface area contributed by atoms with E-state index in [1.807, 2.05) is 24.3 Å². The molecule has 26 heavy (non-hydrogen) atoms. The zero-order valence-corrected chi connectivity index (χ0v) is 16.1. The number of hydrogen-bond donors (Lipinski definition) is 2. The molecule has 6 nitrogen and oxygen atoms in total. The van der Waals surface area contributed by atoms with Crippen molar-refractivity contribution < 1.29 is 9.53 Å². The first-order valence-corrected chi connectivity index (χ1v) is 9.41. The van der Waals surface area contributed by atoms with E-state index in [1.165, 1.54) is 0 Å². The maximum atomic E-state index is 12.5. The van der Waals surface area contributed by atoms with Gasteiger partial charge in [0.25, 0.3) is 5.91 Å². The van der Waals surface area contributed by atoms with E-state index in [-0.39, 0.29) is 17.8 Å². The van der Waals surface area contributed by atoms with Gasteiger partial charge in [0, 0.05) is 11.8 Å². The van der Waals surface area contributed by atoms with Gasteiger partial charge in [0.05, 0.1) is 0 Å². The van der Waals surface area contributed by atoms with Crippen LogP contribution in [0.25, 0.3) is 0 Å². The molecular formula is C18H20Cl2N4O2. The van der Waals surface area contributed by atoms with Crippen LogP contribution in [-0.2, 0) is 4.79 Å². The number of alkyl halides is 2. The number of halogens is 2. The third-order valence-electron chi connectivity index (χ3n) is 4.72. The minimum atomic E-state index is -1.08. The smallest absolute Gasteiger partial charge is 0.270 e. The zero-order chi connectivity index (χ0) is 18.5. The number of hydrogen-bond acceptors (Lipinski definition) is 4. The summed E-state index contributed by atoms with van der Waals surface area (Å²) in [6.45, 7) is 3.41. The molecule has 1 heterocycles. The van der Waals surface area contributed by atoms with Crippen molar-refractivity contribution in [1.29, 1.82) is 0 Å². The Morgan fingerprint density at radius 1 is 1.31 bits per heavy atom. The Hall–Kier alpha value is -1.79. The number of aromatic nitrogens is 3. The first kappa shape index (κ1) is 17.6. The molecule has 1 aromatic heterocycles. The standard InChI is InChI=1S/C18H20Cl2N4O2/c1-17(2,15(25)22-16-21-14(23-24-16)11-3-4-11)26-12-7-5-10(6-8-12)13-9-18(13,19)20/h5-8,11,13H,3-4,9H2,1-2H3,(H2,21,22,23,24,25)/t13-/m1/s1. The average Bonchev–Trinajstić information content (AvgIpc) is 3.47. The summed E-state index contributed by atoms with van der Waals surface area (Å²) in [6.07, 6.45) is 2.98. The van der Waals surface area contributed by atoms with Crippen LogP contribution in [0.2, 0.25) is 0 Å². The van der Waals surface area contributed by atoms with E-state index in [0.717, 1.165) is 30.7 Å². The van der Waals surface area contributed by atoms with Gasteiger partial charge in [-0.2, -0.15) is 4.98 Å². The van der Waals surface area contributed by atoms with E-state index in [0.29, 0.717) is 11.7 Å². The number of aromatic amines is 1. The number of ether oxygens (including phenoxy) is 1. The predicted molar refractivity (Wildman–Crippen MR) is 99.9 cm³/mol. The van der Waals surface area contributed by atoms with Crippen LogP contribution in [0.3, 0.4) is 0 Å². The van der Waals surface area contributed by atoms with Gasteiger partial charge >= 0.3 is 0 Å². The van der Waals surface area contributed by atoms with Gasteiger partial charge in [-0.1, -0.05) is 12.1 Å². The molecule has 0 radical (unpaired) electrons. The van der Waals surface area contributed by atoms with Crippen molar-refractivity contribution in [3.8, 4) is 5.75 Å². The molecule has 2 aliphatic carbocycles. The Morgan fingerprint density at radius 3 is 2.54 bits per heavy atom. The van der Waals surface area contributed by atoms with Crippen LogP contribution in [-0.4, -0.2) is 31.0 Å². The molecule has 4 rings (SSSR count). The fraction of sp³-hybridized carbons (Fsp3) is 0.500. The van der Waals surface area contributed by atoms with E-state index in [4.69, 9.17) is 27.9 Å². The number of carbonyl (C=O) groups is 1. The molecule has 0 unspecified atom stereocenters. The lowest BCUT2D eigenvalue weighted by molar-refractivity contribution is -0.128. The lowest BCUT2D eigenvalue weighted by Gasteiger charge is -2.24. The zero-order valence-electron chi connectivity index (χ0n) is 14.6. The Balaban J connectivity index is 1.38. The molecule has 0 saturated heterocycles. The van der Waals surface area contributed by atoms with Gasteiger partial charge in [-0.15, -0.1) is 28.3 Å². The summed E-state index contributed by atoms with van der Waals surface area (Å²) in [4.78, 5) is 16.8. The maximum Gasteiger partial charge on any atom is 0.270 e. The van der Waals surface area contributed by atoms with Crippen molar-refractivity contribution in [2.45, 2.75) is 54.9 Å². The largest absolute Gasteiger partial charge is 0.478 e. The molecule has 0 aliphatic heterocycles. The molecular weight excluding hydrogens is 375 g/mol. The van der Waals surface area contributed by atoms with Gasteiger partial charge in [-0.25, -0.2) is 0 Å². The van der Waals surface area contributed by atoms with Gasteiger partial charge in [0.1, 0.15) is 15.9 Å². The van der Waals surface area contributed by atoms with Crippen molar-refractivity contribution in [2.75, 3.05) is 5.32 Å². The third kappa shape index (κ3) is 3.67. The molecule has 0 spiro atoms. The van der Waals surface area contributed by atoms with Crippen molar-refractivity contribution in [1.82, 2.24) is 15.2 Å². The summed E-state index contributed by atoms with van der Waals surface area (Å²) in [5.41, 5.74) is -0.0116. The number of amides is 1. The Morgan fingerprint density at radius 2 is 1.96 bits per heavy atom. The number of anilines is 1. The molecule has 1 amide bonds. The fourth-order valence-electron chi connectivity index (χ4n) is 2.81. The van der Waals surface area contributed by atoms with Crippen molar-refractivity contribution >= 4 is 35.1 Å². The molecule has 8 heteroatoms. The number of carbonyl (C=O) groups excluding carboxylic acids is 1. The first-order valence-electron chi connectivity index (χ1n) is 8.65. The van der Waals surface area contributed by atoms with Crippen molar-refractivity contribution in [2.24, 2.45) is 0 Å². The number of benzene rings is 1. The molecule has 2 N–H and O–H groups in total. The van der Waals surface area contributed by atoms with E-state index >= 15 is 0 Å². The molecule has 1 aromatic carbocycles. The Bertz CT molecular complexity index is 828. The number of rotatable bonds is 6. The molecule has 2 fully saturated rings. The van der Waals surface area contributed by atoms with Crippen LogP contribution in [0, 0.1) is 0 Å². The third-order valence-corrected chi connectivity index (χ3v) is 5.56. The monoisotopic (exact) mass is 394 g/mol. The molecule has 2 aliphatic rings. The van der Waals surface area contributed by atoms with Crippen LogP contribution in [0.15, 0.2) is 24.3 Å². The highest BCUT2D eigenvalue weighted by atomic mass is 35.5. The summed E-state index contributed by atoms with van der Waals surface area (Å²) in [5, 5.41) is 9.61. The Labute approximate surface area is 161 Å². The van der Waals surface area contributed by atoms with Gasteiger partial charge in [-0.05, 0) is 50.8 Å². The lowest BCUT2D eigenvalue weighted by Crippen LogP contribution is -2.42. The van der Waals surface area contributed by atoms with Crippen LogP contribution in [0.5, 0.6) is 5.75 Å². The number of nitrogens with one attached hydrogen (secondary N) is 2. The summed E-state index contributed by atoms with van der Waals surface area (Å²) >= 11 is 12.2. The second kappa shape index (κ2) is 6.13. The molecule has 2 aromatic rings.